The Morgan fingerprint density at radius 2 is 2.00 bits per heavy atom. The van der Waals surface area contributed by atoms with E-state index in [0.717, 1.165) is 25.7 Å². The lowest BCUT2D eigenvalue weighted by Gasteiger charge is -2.40. The first-order valence-corrected chi connectivity index (χ1v) is 8.69. The van der Waals surface area contributed by atoms with Crippen LogP contribution in [0.1, 0.15) is 38.5 Å². The monoisotopic (exact) mass is 290 g/mol. The van der Waals surface area contributed by atoms with Gasteiger partial charge in [-0.3, -0.25) is 4.79 Å². The number of ether oxygens (including phenoxy) is 1. The summed E-state index contributed by atoms with van der Waals surface area (Å²) in [6, 6.07) is 0. The summed E-state index contributed by atoms with van der Waals surface area (Å²) >= 11 is 0. The average Bonchev–Trinajstić information content (AvgIpc) is 2.84. The molecule has 1 aliphatic carbocycles. The molecule has 0 aromatic heterocycles. The average molecular weight is 290 g/mol. The van der Waals surface area contributed by atoms with Crippen molar-refractivity contribution >= 4 is 15.8 Å². The minimum Gasteiger partial charge on any atom is -0.469 e. The topological polar surface area (TPSA) is 80.7 Å². The van der Waals surface area contributed by atoms with E-state index in [4.69, 9.17) is 4.74 Å². The molecule has 6 heteroatoms. The maximum atomic E-state index is 12.1. The van der Waals surface area contributed by atoms with Crippen LogP contribution in [0.15, 0.2) is 0 Å². The van der Waals surface area contributed by atoms with Crippen LogP contribution in [0, 0.1) is 11.3 Å². The molecule has 0 aromatic carbocycles. The summed E-state index contributed by atoms with van der Waals surface area (Å²) in [5.41, 5.74) is -1.02. The Hall–Kier alpha value is -0.620. The highest BCUT2D eigenvalue weighted by Gasteiger charge is 2.52. The summed E-state index contributed by atoms with van der Waals surface area (Å²) < 4.78 is 28.0. The number of methoxy groups -OCH3 is 1. The first-order chi connectivity index (χ1) is 8.89. The van der Waals surface area contributed by atoms with Gasteiger partial charge in [0.2, 0.25) is 0 Å². The van der Waals surface area contributed by atoms with E-state index < -0.39 is 27.3 Å². The highest BCUT2D eigenvalue weighted by Crippen LogP contribution is 2.44. The summed E-state index contributed by atoms with van der Waals surface area (Å²) in [4.78, 5) is 12.1. The van der Waals surface area contributed by atoms with Crippen LogP contribution in [-0.2, 0) is 19.4 Å². The van der Waals surface area contributed by atoms with Crippen LogP contribution in [0.2, 0.25) is 0 Å². The lowest BCUT2D eigenvalue weighted by atomic mass is 9.72. The molecule has 2 fully saturated rings. The van der Waals surface area contributed by atoms with Gasteiger partial charge in [0, 0.05) is 0 Å². The quantitative estimate of drug-likeness (QED) is 0.781. The number of carbonyl (C=O) groups excluding carboxylic acids is 1. The van der Waals surface area contributed by atoms with Crippen LogP contribution in [0.3, 0.4) is 0 Å². The molecule has 1 saturated carbocycles. The molecule has 19 heavy (non-hydrogen) atoms. The van der Waals surface area contributed by atoms with E-state index in [1.54, 1.807) is 0 Å². The predicted molar refractivity (Wildman–Crippen MR) is 70.3 cm³/mol. The van der Waals surface area contributed by atoms with Crippen molar-refractivity contribution in [2.75, 3.05) is 18.6 Å². The molecule has 2 unspecified atom stereocenters. The molecule has 0 amide bonds. The Labute approximate surface area is 114 Å². The van der Waals surface area contributed by atoms with E-state index >= 15 is 0 Å². The van der Waals surface area contributed by atoms with Gasteiger partial charge in [-0.15, -0.1) is 0 Å². The Balaban J connectivity index is 2.22. The number of esters is 1. The molecule has 2 rings (SSSR count). The zero-order valence-corrected chi connectivity index (χ0v) is 12.1. The van der Waals surface area contributed by atoms with Crippen LogP contribution in [0.4, 0.5) is 0 Å². The highest BCUT2D eigenvalue weighted by molar-refractivity contribution is 7.91. The lowest BCUT2D eigenvalue weighted by Crippen LogP contribution is -2.52. The van der Waals surface area contributed by atoms with Crippen LogP contribution in [0.5, 0.6) is 0 Å². The fourth-order valence-corrected chi connectivity index (χ4v) is 5.12. The number of carbonyl (C=O) groups is 1. The molecule has 0 aromatic rings. The van der Waals surface area contributed by atoms with E-state index in [9.17, 15) is 18.3 Å². The highest BCUT2D eigenvalue weighted by atomic mass is 32.2. The zero-order valence-electron chi connectivity index (χ0n) is 11.3. The summed E-state index contributed by atoms with van der Waals surface area (Å²) in [6.45, 7) is 0. The Bertz CT molecular complexity index is 438. The van der Waals surface area contributed by atoms with Crippen molar-refractivity contribution in [1.29, 1.82) is 0 Å². The number of sulfone groups is 1. The summed E-state index contributed by atoms with van der Waals surface area (Å²) in [7, 11) is -1.94. The van der Waals surface area contributed by atoms with Crippen LogP contribution >= 0.6 is 0 Å². The molecule has 2 atom stereocenters. The molecule has 1 N–H and O–H groups in total. The molecule has 1 saturated heterocycles. The molecule has 1 aliphatic heterocycles. The minimum absolute atomic E-state index is 0.0358. The fourth-order valence-electron chi connectivity index (χ4n) is 3.48. The van der Waals surface area contributed by atoms with E-state index in [-0.39, 0.29) is 17.9 Å². The second-order valence-electron chi connectivity index (χ2n) is 5.88. The van der Waals surface area contributed by atoms with Crippen molar-refractivity contribution in [3.05, 3.63) is 0 Å². The van der Waals surface area contributed by atoms with Gasteiger partial charge in [-0.25, -0.2) is 8.42 Å². The maximum absolute atomic E-state index is 12.1. The van der Waals surface area contributed by atoms with Gasteiger partial charge in [-0.1, -0.05) is 25.7 Å². The van der Waals surface area contributed by atoms with E-state index in [1.165, 1.54) is 7.11 Å². The van der Waals surface area contributed by atoms with Crippen molar-refractivity contribution < 1.29 is 23.1 Å². The van der Waals surface area contributed by atoms with Crippen molar-refractivity contribution in [2.45, 2.75) is 44.6 Å². The minimum atomic E-state index is -3.24. The van der Waals surface area contributed by atoms with Gasteiger partial charge < -0.3 is 9.84 Å². The van der Waals surface area contributed by atoms with Crippen molar-refractivity contribution in [3.8, 4) is 0 Å². The Morgan fingerprint density at radius 1 is 1.37 bits per heavy atom. The number of hydrogen-bond donors (Lipinski definition) is 1. The number of aliphatic hydroxyl groups excluding tert-OH is 1. The number of rotatable bonds is 3. The van der Waals surface area contributed by atoms with Crippen molar-refractivity contribution in [3.63, 3.8) is 0 Å². The Morgan fingerprint density at radius 3 is 2.53 bits per heavy atom. The van der Waals surface area contributed by atoms with Gasteiger partial charge in [-0.2, -0.15) is 0 Å². The van der Waals surface area contributed by atoms with Gasteiger partial charge in [0.15, 0.2) is 9.84 Å². The smallest absolute Gasteiger partial charge is 0.314 e. The van der Waals surface area contributed by atoms with Gasteiger partial charge in [0.05, 0.1) is 30.1 Å². The number of hydrogen-bond acceptors (Lipinski definition) is 5. The van der Waals surface area contributed by atoms with Crippen molar-refractivity contribution in [2.24, 2.45) is 11.3 Å². The first kappa shape index (κ1) is 14.8. The molecule has 1 heterocycles. The van der Waals surface area contributed by atoms with Gasteiger partial charge in [0.25, 0.3) is 0 Å². The van der Waals surface area contributed by atoms with Crippen LogP contribution < -0.4 is 0 Å². The largest absolute Gasteiger partial charge is 0.469 e. The van der Waals surface area contributed by atoms with Crippen LogP contribution in [-0.4, -0.2) is 44.2 Å². The van der Waals surface area contributed by atoms with Crippen LogP contribution in [0.25, 0.3) is 0 Å². The summed E-state index contributed by atoms with van der Waals surface area (Å²) in [5, 5.41) is 10.2. The molecule has 2 aliphatic rings. The van der Waals surface area contributed by atoms with Gasteiger partial charge in [0.1, 0.15) is 0 Å². The molecule has 0 spiro atoms. The van der Waals surface area contributed by atoms with Crippen molar-refractivity contribution in [1.82, 2.24) is 0 Å². The third kappa shape index (κ3) is 2.94. The molecule has 5 nitrogen and oxygen atoms in total. The second-order valence-corrected chi connectivity index (χ2v) is 8.11. The number of aliphatic hydroxyl groups is 1. The fraction of sp³-hybridized carbons (Fsp3) is 0.923. The van der Waals surface area contributed by atoms with Gasteiger partial charge in [-0.05, 0) is 18.8 Å². The predicted octanol–water partition coefficient (Wildman–Crippen LogP) is 0.905. The summed E-state index contributed by atoms with van der Waals surface area (Å²) in [5.74, 6) is -0.419. The Kier molecular flexibility index (Phi) is 4.20. The third-order valence-electron chi connectivity index (χ3n) is 4.63. The molecular formula is C13H22O5S. The zero-order chi connectivity index (χ0) is 14.1. The molecule has 110 valence electrons. The maximum Gasteiger partial charge on any atom is 0.314 e. The van der Waals surface area contributed by atoms with E-state index in [0.29, 0.717) is 12.3 Å². The molecule has 0 bridgehead atoms. The van der Waals surface area contributed by atoms with Gasteiger partial charge >= 0.3 is 5.97 Å². The standard InChI is InChI=1S/C13H22O5S/c1-18-12(15)13(8-10-4-2-3-5-10)6-7-19(16,17)9-11(13)14/h10-11,14H,2-9H2,1H3. The molecule has 0 radical (unpaired) electrons. The van der Waals surface area contributed by atoms with E-state index in [1.807, 2.05) is 0 Å². The SMILES string of the molecule is COC(=O)C1(CC2CCCC2)CCS(=O)(=O)CC1O. The third-order valence-corrected chi connectivity index (χ3v) is 6.28. The summed E-state index contributed by atoms with van der Waals surface area (Å²) in [6.07, 6.45) is 4.00. The first-order valence-electron chi connectivity index (χ1n) is 6.86. The normalized spacial score (nSPS) is 35.2. The molecular weight excluding hydrogens is 268 g/mol. The van der Waals surface area contributed by atoms with E-state index in [2.05, 4.69) is 0 Å². The lowest BCUT2D eigenvalue weighted by molar-refractivity contribution is -0.162. The second kappa shape index (κ2) is 5.40.